The highest BCUT2D eigenvalue weighted by Crippen LogP contribution is 2.40. The summed E-state index contributed by atoms with van der Waals surface area (Å²) in [5.74, 6) is 3.83. The second-order valence-electron chi connectivity index (χ2n) is 4.51. The highest BCUT2D eigenvalue weighted by Gasteiger charge is 2.28. The maximum Gasteiger partial charge on any atom is 0.135 e. The fraction of sp³-hybridized carbons (Fsp3) is 0.692. The molecule has 0 amide bonds. The molecule has 0 atom stereocenters. The summed E-state index contributed by atoms with van der Waals surface area (Å²) in [6, 6.07) is 0. The Bertz CT molecular complexity index is 388. The third-order valence-corrected chi connectivity index (χ3v) is 4.13. The van der Waals surface area contributed by atoms with Crippen molar-refractivity contribution in [3.63, 3.8) is 0 Å². The highest BCUT2D eigenvalue weighted by atomic mass is 32.2. The molecule has 1 saturated carbocycles. The van der Waals surface area contributed by atoms with Crippen molar-refractivity contribution < 1.29 is 0 Å². The molecule has 2 rings (SSSR count). The summed E-state index contributed by atoms with van der Waals surface area (Å²) in [5, 5.41) is 4.52. The number of anilines is 1. The fourth-order valence-corrected chi connectivity index (χ4v) is 2.58. The third kappa shape index (κ3) is 3.12. The average molecular weight is 251 g/mol. The van der Waals surface area contributed by atoms with Crippen LogP contribution in [0.3, 0.4) is 0 Å². The molecule has 1 aliphatic rings. The molecule has 0 spiro atoms. The Hall–Kier alpha value is -0.770. The minimum absolute atomic E-state index is 0.619. The molecule has 0 saturated heterocycles. The summed E-state index contributed by atoms with van der Waals surface area (Å²) < 4.78 is 0. The summed E-state index contributed by atoms with van der Waals surface area (Å²) >= 11 is 1.86. The predicted octanol–water partition coefficient (Wildman–Crippen LogP) is 3.60. The van der Waals surface area contributed by atoms with Gasteiger partial charge >= 0.3 is 0 Å². The van der Waals surface area contributed by atoms with Gasteiger partial charge in [-0.2, -0.15) is 0 Å². The van der Waals surface area contributed by atoms with Crippen LogP contribution in [0.1, 0.15) is 50.4 Å². The summed E-state index contributed by atoms with van der Waals surface area (Å²) in [6.45, 7) is 7.35. The van der Waals surface area contributed by atoms with Crippen LogP contribution in [-0.4, -0.2) is 22.3 Å². The van der Waals surface area contributed by atoms with Crippen molar-refractivity contribution in [2.75, 3.05) is 17.6 Å². The molecule has 1 aliphatic carbocycles. The maximum atomic E-state index is 4.73. The van der Waals surface area contributed by atoms with Gasteiger partial charge in [-0.1, -0.05) is 6.92 Å². The normalized spacial score (nSPS) is 15.0. The molecule has 1 fully saturated rings. The summed E-state index contributed by atoms with van der Waals surface area (Å²) in [7, 11) is 0. The van der Waals surface area contributed by atoms with E-state index in [9.17, 15) is 0 Å². The van der Waals surface area contributed by atoms with Crippen LogP contribution in [0.15, 0.2) is 5.03 Å². The first-order valence-electron chi connectivity index (χ1n) is 6.51. The molecule has 0 aliphatic heterocycles. The molecule has 3 nitrogen and oxygen atoms in total. The lowest BCUT2D eigenvalue weighted by Gasteiger charge is -2.12. The van der Waals surface area contributed by atoms with Crippen molar-refractivity contribution in [3.05, 3.63) is 11.4 Å². The van der Waals surface area contributed by atoms with Gasteiger partial charge in [0.25, 0.3) is 0 Å². The minimum Gasteiger partial charge on any atom is -0.370 e. The molecule has 1 N–H and O–H groups in total. The Morgan fingerprint density at radius 1 is 1.29 bits per heavy atom. The molecular weight excluding hydrogens is 230 g/mol. The monoisotopic (exact) mass is 251 g/mol. The molecule has 1 aromatic rings. The minimum atomic E-state index is 0.619. The van der Waals surface area contributed by atoms with Crippen LogP contribution < -0.4 is 5.32 Å². The van der Waals surface area contributed by atoms with Gasteiger partial charge in [-0.25, -0.2) is 9.97 Å². The first-order chi connectivity index (χ1) is 8.26. The molecule has 0 radical (unpaired) electrons. The smallest absolute Gasteiger partial charge is 0.135 e. The van der Waals surface area contributed by atoms with Gasteiger partial charge in [-0.15, -0.1) is 11.8 Å². The van der Waals surface area contributed by atoms with E-state index in [1.807, 2.05) is 11.8 Å². The number of rotatable bonds is 6. The van der Waals surface area contributed by atoms with Gasteiger partial charge in [0.1, 0.15) is 16.7 Å². The second kappa shape index (κ2) is 5.71. The number of nitrogens with one attached hydrogen (secondary N) is 1. The van der Waals surface area contributed by atoms with Gasteiger partial charge in [-0.05, 0) is 38.9 Å². The number of thioether (sulfide) groups is 1. The van der Waals surface area contributed by atoms with Crippen LogP contribution in [0.2, 0.25) is 0 Å². The Morgan fingerprint density at radius 2 is 2.06 bits per heavy atom. The van der Waals surface area contributed by atoms with Crippen LogP contribution in [-0.2, 0) is 0 Å². The molecule has 94 valence electrons. The zero-order valence-electron chi connectivity index (χ0n) is 10.9. The number of nitrogens with zero attached hydrogens (tertiary/aromatic N) is 2. The fourth-order valence-electron chi connectivity index (χ4n) is 1.72. The zero-order chi connectivity index (χ0) is 12.3. The van der Waals surface area contributed by atoms with Gasteiger partial charge in [-0.3, -0.25) is 0 Å². The van der Waals surface area contributed by atoms with E-state index in [-0.39, 0.29) is 0 Å². The van der Waals surface area contributed by atoms with Crippen molar-refractivity contribution in [2.45, 2.75) is 51.0 Å². The first kappa shape index (κ1) is 12.7. The van der Waals surface area contributed by atoms with E-state index in [4.69, 9.17) is 4.98 Å². The van der Waals surface area contributed by atoms with Gasteiger partial charge in [0.15, 0.2) is 0 Å². The van der Waals surface area contributed by atoms with Crippen LogP contribution in [0.25, 0.3) is 0 Å². The Kier molecular flexibility index (Phi) is 4.26. The second-order valence-corrected chi connectivity index (χ2v) is 5.60. The lowest BCUT2D eigenvalue weighted by Crippen LogP contribution is -2.07. The Balaban J connectivity index is 2.27. The molecule has 1 heterocycles. The van der Waals surface area contributed by atoms with E-state index in [0.717, 1.165) is 23.9 Å². The van der Waals surface area contributed by atoms with Crippen molar-refractivity contribution in [1.82, 2.24) is 9.97 Å². The number of hydrogen-bond donors (Lipinski definition) is 1. The van der Waals surface area contributed by atoms with Gasteiger partial charge in [0, 0.05) is 18.0 Å². The number of aromatic nitrogens is 2. The molecule has 0 aromatic carbocycles. The lowest BCUT2D eigenvalue weighted by atomic mass is 10.3. The van der Waals surface area contributed by atoms with Crippen molar-refractivity contribution in [2.24, 2.45) is 0 Å². The number of hydrogen-bond acceptors (Lipinski definition) is 4. The van der Waals surface area contributed by atoms with E-state index in [0.29, 0.717) is 5.92 Å². The first-order valence-corrected chi connectivity index (χ1v) is 7.50. The maximum absolute atomic E-state index is 4.73. The van der Waals surface area contributed by atoms with Crippen molar-refractivity contribution in [1.29, 1.82) is 0 Å². The molecule has 17 heavy (non-hydrogen) atoms. The van der Waals surface area contributed by atoms with E-state index >= 15 is 0 Å². The molecule has 0 unspecified atom stereocenters. The average Bonchev–Trinajstić information content (AvgIpc) is 3.14. The van der Waals surface area contributed by atoms with Gasteiger partial charge < -0.3 is 5.32 Å². The quantitative estimate of drug-likeness (QED) is 0.619. The van der Waals surface area contributed by atoms with Crippen molar-refractivity contribution in [3.8, 4) is 0 Å². The largest absolute Gasteiger partial charge is 0.370 e. The summed E-state index contributed by atoms with van der Waals surface area (Å²) in [5.41, 5.74) is 1.20. The summed E-state index contributed by atoms with van der Waals surface area (Å²) in [6.07, 6.45) is 3.70. The van der Waals surface area contributed by atoms with Crippen LogP contribution in [0.5, 0.6) is 0 Å². The van der Waals surface area contributed by atoms with E-state index < -0.39 is 0 Å². The molecular formula is C13H21N3S. The van der Waals surface area contributed by atoms with Gasteiger partial charge in [0.2, 0.25) is 0 Å². The van der Waals surface area contributed by atoms with E-state index in [1.54, 1.807) is 0 Å². The third-order valence-electron chi connectivity index (χ3n) is 2.85. The highest BCUT2D eigenvalue weighted by molar-refractivity contribution is 7.99. The van der Waals surface area contributed by atoms with Gasteiger partial charge in [0.05, 0.1) is 0 Å². The van der Waals surface area contributed by atoms with E-state index in [2.05, 4.69) is 31.1 Å². The molecule has 4 heteroatoms. The SMILES string of the molecule is CCCSc1nc(C2CC2)nc(NCC)c1C. The summed E-state index contributed by atoms with van der Waals surface area (Å²) in [4.78, 5) is 9.38. The van der Waals surface area contributed by atoms with Crippen LogP contribution >= 0.6 is 11.8 Å². The van der Waals surface area contributed by atoms with Crippen molar-refractivity contribution >= 4 is 17.6 Å². The van der Waals surface area contributed by atoms with Crippen LogP contribution in [0, 0.1) is 6.92 Å². The Morgan fingerprint density at radius 3 is 2.65 bits per heavy atom. The van der Waals surface area contributed by atoms with Crippen LogP contribution in [0.4, 0.5) is 5.82 Å². The topological polar surface area (TPSA) is 37.8 Å². The van der Waals surface area contributed by atoms with E-state index in [1.165, 1.54) is 29.9 Å². The Labute approximate surface area is 108 Å². The standard InChI is InChI=1S/C13H21N3S/c1-4-8-17-13-9(3)11(14-5-2)15-12(16-13)10-6-7-10/h10H,4-8H2,1-3H3,(H,14,15,16). The lowest BCUT2D eigenvalue weighted by molar-refractivity contribution is 0.860. The molecule has 0 bridgehead atoms. The predicted molar refractivity (Wildman–Crippen MR) is 73.9 cm³/mol. The zero-order valence-corrected chi connectivity index (χ0v) is 11.7. The molecule has 1 aromatic heterocycles.